The van der Waals surface area contributed by atoms with Gasteiger partial charge < -0.3 is 0 Å². The summed E-state index contributed by atoms with van der Waals surface area (Å²) < 4.78 is 0. The average molecular weight is 312 g/mol. The summed E-state index contributed by atoms with van der Waals surface area (Å²) in [5.74, 6) is 1.52. The van der Waals surface area contributed by atoms with Gasteiger partial charge in [-0.3, -0.25) is 4.79 Å². The third-order valence-corrected chi connectivity index (χ3v) is 5.14. The van der Waals surface area contributed by atoms with E-state index in [1.807, 2.05) is 0 Å². The molecule has 0 amide bonds. The van der Waals surface area contributed by atoms with E-state index in [0.717, 1.165) is 11.8 Å². The summed E-state index contributed by atoms with van der Waals surface area (Å²) in [5.41, 5.74) is 0. The highest BCUT2D eigenvalue weighted by Gasteiger charge is 2.39. The van der Waals surface area contributed by atoms with Crippen LogP contribution in [0.3, 0.4) is 0 Å². The monoisotopic (exact) mass is 310 g/mol. The number of alkyl halides is 2. The Kier molecular flexibility index (Phi) is 4.95. The van der Waals surface area contributed by atoms with E-state index in [-0.39, 0.29) is 0 Å². The summed E-state index contributed by atoms with van der Waals surface area (Å²) in [5, 5.41) is 1.02. The van der Waals surface area contributed by atoms with Crippen LogP contribution < -0.4 is 0 Å². The number of Topliss-reactive ketones (excluding diaryl/α,β-unsaturated/α-hetero) is 1. The zero-order valence-corrected chi connectivity index (χ0v) is 11.1. The molecule has 1 rings (SSSR count). The summed E-state index contributed by atoms with van der Waals surface area (Å²) in [7, 11) is 0. The lowest BCUT2D eigenvalue weighted by Gasteiger charge is -2.04. The highest BCUT2D eigenvalue weighted by Crippen LogP contribution is 2.43. The van der Waals surface area contributed by atoms with Crippen molar-refractivity contribution >= 4 is 37.6 Å². The van der Waals surface area contributed by atoms with Gasteiger partial charge in [-0.15, -0.1) is 0 Å². The van der Waals surface area contributed by atoms with Crippen molar-refractivity contribution in [2.45, 2.75) is 37.4 Å². The van der Waals surface area contributed by atoms with E-state index in [0.29, 0.717) is 22.4 Å². The Labute approximate surface area is 96.9 Å². The van der Waals surface area contributed by atoms with Gasteiger partial charge in [0.25, 0.3) is 0 Å². The van der Waals surface area contributed by atoms with Gasteiger partial charge in [0.05, 0.1) is 0 Å². The second kappa shape index (κ2) is 5.50. The van der Waals surface area contributed by atoms with Crippen molar-refractivity contribution in [1.82, 2.24) is 0 Å². The molecule has 0 aromatic heterocycles. The van der Waals surface area contributed by atoms with E-state index in [2.05, 4.69) is 31.9 Å². The molecule has 1 nitrogen and oxygen atoms in total. The number of ketones is 1. The molecule has 0 aromatic carbocycles. The van der Waals surface area contributed by atoms with Crippen molar-refractivity contribution in [2.75, 3.05) is 5.33 Å². The van der Waals surface area contributed by atoms with E-state index in [1.165, 1.54) is 19.3 Å². The van der Waals surface area contributed by atoms with Gasteiger partial charge in [-0.2, -0.15) is 0 Å². The van der Waals surface area contributed by atoms with Gasteiger partial charge in [-0.1, -0.05) is 38.3 Å². The van der Waals surface area contributed by atoms with Gasteiger partial charge >= 0.3 is 0 Å². The third-order valence-electron chi connectivity index (χ3n) is 2.70. The first-order chi connectivity index (χ1) is 6.15. The molecule has 0 aliphatic heterocycles. The lowest BCUT2D eigenvalue weighted by atomic mass is 10.1. The minimum atomic E-state index is 0.390. The van der Waals surface area contributed by atoms with E-state index in [1.54, 1.807) is 6.92 Å². The first-order valence-electron chi connectivity index (χ1n) is 4.85. The SMILES string of the molecule is CC(=O)[C@@H]1C[C@H]1CCC[C@@H](Br)CBr. The Hall–Kier alpha value is 0.630. The molecule has 0 aromatic rings. The summed E-state index contributed by atoms with van der Waals surface area (Å²) in [4.78, 5) is 11.6. The largest absolute Gasteiger partial charge is 0.300 e. The number of halogens is 2. The Morgan fingerprint density at radius 3 is 2.77 bits per heavy atom. The second-order valence-corrected chi connectivity index (χ2v) is 5.84. The smallest absolute Gasteiger partial charge is 0.133 e. The molecule has 0 spiro atoms. The molecule has 0 unspecified atom stereocenters. The third kappa shape index (κ3) is 4.11. The molecule has 1 aliphatic rings. The first kappa shape index (κ1) is 11.7. The maximum Gasteiger partial charge on any atom is 0.133 e. The highest BCUT2D eigenvalue weighted by molar-refractivity contribution is 9.12. The van der Waals surface area contributed by atoms with Crippen LogP contribution in [0.15, 0.2) is 0 Å². The van der Waals surface area contributed by atoms with Crippen LogP contribution in [0.25, 0.3) is 0 Å². The topological polar surface area (TPSA) is 17.1 Å². The van der Waals surface area contributed by atoms with Crippen molar-refractivity contribution in [3.8, 4) is 0 Å². The first-order valence-corrected chi connectivity index (χ1v) is 6.89. The molecular weight excluding hydrogens is 296 g/mol. The van der Waals surface area contributed by atoms with E-state index < -0.39 is 0 Å². The minimum Gasteiger partial charge on any atom is -0.300 e. The summed E-state index contributed by atoms with van der Waals surface area (Å²) in [6.45, 7) is 1.72. The van der Waals surface area contributed by atoms with Gasteiger partial charge in [0, 0.05) is 16.1 Å². The molecule has 0 saturated heterocycles. The van der Waals surface area contributed by atoms with E-state index in [4.69, 9.17) is 0 Å². The predicted molar refractivity (Wildman–Crippen MR) is 62.6 cm³/mol. The fraction of sp³-hybridized carbons (Fsp3) is 0.900. The van der Waals surface area contributed by atoms with Gasteiger partial charge in [0.15, 0.2) is 0 Å². The lowest BCUT2D eigenvalue weighted by molar-refractivity contribution is -0.118. The molecule has 1 saturated carbocycles. The number of carbonyl (C=O) groups excluding carboxylic acids is 1. The standard InChI is InChI=1S/C10H16Br2O/c1-7(13)10-5-8(10)3-2-4-9(12)6-11/h8-10H,2-6H2,1H3/t8-,9-,10+/m1/s1. The van der Waals surface area contributed by atoms with E-state index >= 15 is 0 Å². The molecule has 0 heterocycles. The molecule has 0 bridgehead atoms. The quantitative estimate of drug-likeness (QED) is 0.686. The molecule has 0 radical (unpaired) electrons. The minimum absolute atomic E-state index is 0.390. The van der Waals surface area contributed by atoms with Crippen molar-refractivity contribution in [1.29, 1.82) is 0 Å². The zero-order chi connectivity index (χ0) is 9.84. The van der Waals surface area contributed by atoms with Crippen molar-refractivity contribution in [3.05, 3.63) is 0 Å². The molecule has 1 aliphatic carbocycles. The normalized spacial score (nSPS) is 28.5. The van der Waals surface area contributed by atoms with Crippen LogP contribution in [0.1, 0.15) is 32.6 Å². The predicted octanol–water partition coefficient (Wildman–Crippen LogP) is 3.54. The van der Waals surface area contributed by atoms with E-state index in [9.17, 15) is 4.79 Å². The summed E-state index contributed by atoms with van der Waals surface area (Å²) >= 11 is 7.01. The van der Waals surface area contributed by atoms with Crippen LogP contribution in [-0.2, 0) is 4.79 Å². The van der Waals surface area contributed by atoms with Crippen LogP contribution in [0.4, 0.5) is 0 Å². The Morgan fingerprint density at radius 2 is 2.31 bits per heavy atom. The fourth-order valence-corrected chi connectivity index (χ4v) is 2.39. The number of hydrogen-bond acceptors (Lipinski definition) is 1. The maximum atomic E-state index is 11.0. The maximum absolute atomic E-state index is 11.0. The van der Waals surface area contributed by atoms with Crippen molar-refractivity contribution in [2.24, 2.45) is 11.8 Å². The number of rotatable bonds is 6. The Morgan fingerprint density at radius 1 is 1.62 bits per heavy atom. The van der Waals surface area contributed by atoms with Crippen molar-refractivity contribution < 1.29 is 4.79 Å². The molecule has 3 heteroatoms. The molecule has 76 valence electrons. The van der Waals surface area contributed by atoms with Crippen LogP contribution in [-0.4, -0.2) is 15.9 Å². The molecule has 13 heavy (non-hydrogen) atoms. The van der Waals surface area contributed by atoms with Crippen molar-refractivity contribution in [3.63, 3.8) is 0 Å². The van der Waals surface area contributed by atoms with Crippen LogP contribution in [0.2, 0.25) is 0 Å². The molecule has 3 atom stereocenters. The molecular formula is C10H16Br2O. The number of carbonyl (C=O) groups is 1. The molecule has 0 N–H and O–H groups in total. The van der Waals surface area contributed by atoms with Gasteiger partial charge in [0.1, 0.15) is 5.78 Å². The zero-order valence-electron chi connectivity index (χ0n) is 7.93. The number of hydrogen-bond donors (Lipinski definition) is 0. The van der Waals surface area contributed by atoms with Gasteiger partial charge in [0.2, 0.25) is 0 Å². The van der Waals surface area contributed by atoms with Crippen LogP contribution in [0.5, 0.6) is 0 Å². The van der Waals surface area contributed by atoms with Crippen LogP contribution in [0, 0.1) is 11.8 Å². The Bertz CT molecular complexity index is 182. The average Bonchev–Trinajstić information content (AvgIpc) is 2.83. The van der Waals surface area contributed by atoms with Gasteiger partial charge in [-0.05, 0) is 32.1 Å². The lowest BCUT2D eigenvalue weighted by Crippen LogP contribution is -2.00. The summed E-state index contributed by atoms with van der Waals surface area (Å²) in [6, 6.07) is 0. The second-order valence-electron chi connectivity index (χ2n) is 3.90. The van der Waals surface area contributed by atoms with Crippen LogP contribution >= 0.6 is 31.9 Å². The molecule has 1 fully saturated rings. The Balaban J connectivity index is 2.00. The summed E-state index contributed by atoms with van der Waals surface area (Å²) in [6.07, 6.45) is 4.85. The fourth-order valence-electron chi connectivity index (χ4n) is 1.74. The van der Waals surface area contributed by atoms with Gasteiger partial charge in [-0.25, -0.2) is 0 Å². The highest BCUT2D eigenvalue weighted by atomic mass is 79.9.